The van der Waals surface area contributed by atoms with Crippen molar-refractivity contribution in [3.05, 3.63) is 52.3 Å². The Balaban J connectivity index is 1.66. The quantitative estimate of drug-likeness (QED) is 0.778. The number of rotatable bonds is 5. The topological polar surface area (TPSA) is 67.9 Å². The summed E-state index contributed by atoms with van der Waals surface area (Å²) in [6.07, 6.45) is 0. The van der Waals surface area contributed by atoms with Crippen LogP contribution in [0.1, 0.15) is 17.3 Å². The van der Waals surface area contributed by atoms with Gasteiger partial charge in [0, 0.05) is 23.9 Å². The number of amides is 2. The number of ether oxygens (including phenoxy) is 2. The number of hydrogen-bond donors (Lipinski definition) is 1. The Morgan fingerprint density at radius 3 is 2.59 bits per heavy atom. The molecule has 1 N–H and O–H groups in total. The van der Waals surface area contributed by atoms with Crippen LogP contribution in [0.5, 0.6) is 11.5 Å². The molecule has 0 saturated heterocycles. The summed E-state index contributed by atoms with van der Waals surface area (Å²) in [6, 6.07) is 9.22. The Kier molecular flexibility index (Phi) is 5.95. The minimum Gasteiger partial charge on any atom is -0.486 e. The second-order valence-corrected chi connectivity index (χ2v) is 6.71. The number of benzene rings is 2. The number of likely N-dealkylation sites (N-methyl/N-ethyl adjacent to an activating group) is 1. The molecule has 6 nitrogen and oxygen atoms in total. The van der Waals surface area contributed by atoms with Gasteiger partial charge in [-0.05, 0) is 53.2 Å². The first-order chi connectivity index (χ1) is 13.0. The van der Waals surface area contributed by atoms with E-state index in [4.69, 9.17) is 9.47 Å². The Labute approximate surface area is 164 Å². The molecule has 27 heavy (non-hydrogen) atoms. The molecular formula is C19H18BrFN2O4. The van der Waals surface area contributed by atoms with E-state index in [0.717, 1.165) is 6.07 Å². The molecule has 2 aromatic carbocycles. The van der Waals surface area contributed by atoms with Crippen LogP contribution in [0.3, 0.4) is 0 Å². The summed E-state index contributed by atoms with van der Waals surface area (Å²) in [7, 11) is 0. The fourth-order valence-corrected chi connectivity index (χ4v) is 2.88. The highest BCUT2D eigenvalue weighted by Gasteiger charge is 2.19. The third-order valence-corrected chi connectivity index (χ3v) is 4.64. The summed E-state index contributed by atoms with van der Waals surface area (Å²) < 4.78 is 24.9. The van der Waals surface area contributed by atoms with E-state index in [0.29, 0.717) is 36.9 Å². The lowest BCUT2D eigenvalue weighted by Gasteiger charge is -2.21. The van der Waals surface area contributed by atoms with Gasteiger partial charge in [-0.2, -0.15) is 0 Å². The number of carbonyl (C=O) groups is 2. The van der Waals surface area contributed by atoms with Crippen LogP contribution in [0, 0.1) is 5.82 Å². The second kappa shape index (κ2) is 8.39. The molecule has 0 unspecified atom stereocenters. The predicted molar refractivity (Wildman–Crippen MR) is 102 cm³/mol. The first-order valence-electron chi connectivity index (χ1n) is 8.41. The molecule has 0 radical (unpaired) electrons. The third-order valence-electron chi connectivity index (χ3n) is 4.00. The molecule has 0 saturated carbocycles. The third kappa shape index (κ3) is 4.57. The highest BCUT2D eigenvalue weighted by atomic mass is 79.9. The van der Waals surface area contributed by atoms with Crippen molar-refractivity contribution >= 4 is 33.4 Å². The molecule has 3 rings (SSSR count). The first-order valence-corrected chi connectivity index (χ1v) is 9.21. The molecule has 2 aromatic rings. The van der Waals surface area contributed by atoms with Crippen molar-refractivity contribution < 1.29 is 23.5 Å². The fraction of sp³-hybridized carbons (Fsp3) is 0.263. The largest absolute Gasteiger partial charge is 0.486 e. The van der Waals surface area contributed by atoms with Gasteiger partial charge in [-0.3, -0.25) is 9.59 Å². The Morgan fingerprint density at radius 2 is 1.89 bits per heavy atom. The van der Waals surface area contributed by atoms with Gasteiger partial charge >= 0.3 is 0 Å². The van der Waals surface area contributed by atoms with E-state index in [9.17, 15) is 14.0 Å². The van der Waals surface area contributed by atoms with Crippen LogP contribution in [-0.4, -0.2) is 43.0 Å². The zero-order chi connectivity index (χ0) is 19.4. The van der Waals surface area contributed by atoms with E-state index >= 15 is 0 Å². The van der Waals surface area contributed by atoms with Gasteiger partial charge < -0.3 is 19.7 Å². The number of hydrogen-bond acceptors (Lipinski definition) is 4. The van der Waals surface area contributed by atoms with Gasteiger partial charge in [0.25, 0.3) is 5.91 Å². The number of halogens is 2. The van der Waals surface area contributed by atoms with Gasteiger partial charge in [-0.25, -0.2) is 4.39 Å². The van der Waals surface area contributed by atoms with Crippen molar-refractivity contribution in [1.29, 1.82) is 0 Å². The molecule has 2 amide bonds. The normalized spacial score (nSPS) is 12.4. The summed E-state index contributed by atoms with van der Waals surface area (Å²) in [5.41, 5.74) is 0.729. The van der Waals surface area contributed by atoms with Crippen molar-refractivity contribution in [2.45, 2.75) is 6.92 Å². The van der Waals surface area contributed by atoms with Crippen LogP contribution in [-0.2, 0) is 4.79 Å². The smallest absolute Gasteiger partial charge is 0.254 e. The second-order valence-electron chi connectivity index (χ2n) is 5.85. The molecule has 0 spiro atoms. The van der Waals surface area contributed by atoms with Crippen LogP contribution >= 0.6 is 15.9 Å². The lowest BCUT2D eigenvalue weighted by atomic mass is 10.2. The van der Waals surface area contributed by atoms with Crippen LogP contribution in [0.15, 0.2) is 40.9 Å². The standard InChI is InChI=1S/C19H18BrFN2O4/c1-2-23(19(25)12-3-5-14(20)15(21)9-12)11-18(24)22-13-4-6-16-17(10-13)27-8-7-26-16/h3-6,9-10H,2,7-8,11H2,1H3,(H,22,24). The Hall–Kier alpha value is -2.61. The average Bonchev–Trinajstić information content (AvgIpc) is 2.67. The van der Waals surface area contributed by atoms with Crippen molar-refractivity contribution in [1.82, 2.24) is 4.90 Å². The van der Waals surface area contributed by atoms with E-state index < -0.39 is 11.7 Å². The summed E-state index contributed by atoms with van der Waals surface area (Å²) in [5, 5.41) is 2.73. The van der Waals surface area contributed by atoms with Crippen molar-refractivity contribution in [2.24, 2.45) is 0 Å². The summed E-state index contributed by atoms with van der Waals surface area (Å²) in [5.74, 6) is -0.118. The fourth-order valence-electron chi connectivity index (χ4n) is 2.63. The average molecular weight is 437 g/mol. The molecule has 0 aliphatic carbocycles. The summed E-state index contributed by atoms with van der Waals surface area (Å²) in [6.45, 7) is 2.85. The van der Waals surface area contributed by atoms with E-state index in [1.807, 2.05) is 0 Å². The lowest BCUT2D eigenvalue weighted by Crippen LogP contribution is -2.37. The van der Waals surface area contributed by atoms with Gasteiger partial charge in [0.1, 0.15) is 25.6 Å². The monoisotopic (exact) mass is 436 g/mol. The molecule has 1 aliphatic rings. The van der Waals surface area contributed by atoms with Crippen LogP contribution in [0.2, 0.25) is 0 Å². The molecule has 1 aliphatic heterocycles. The van der Waals surface area contributed by atoms with Gasteiger partial charge in [0.2, 0.25) is 5.91 Å². The molecule has 0 bridgehead atoms. The maximum absolute atomic E-state index is 13.7. The number of anilines is 1. The van der Waals surface area contributed by atoms with Crippen molar-refractivity contribution in [3.63, 3.8) is 0 Å². The summed E-state index contributed by atoms with van der Waals surface area (Å²) in [4.78, 5) is 26.2. The molecular weight excluding hydrogens is 419 g/mol. The van der Waals surface area contributed by atoms with Crippen LogP contribution in [0.25, 0.3) is 0 Å². The van der Waals surface area contributed by atoms with Crippen molar-refractivity contribution in [3.8, 4) is 11.5 Å². The first kappa shape index (κ1) is 19.2. The highest BCUT2D eigenvalue weighted by Crippen LogP contribution is 2.32. The minimum atomic E-state index is -0.530. The number of carbonyl (C=O) groups excluding carboxylic acids is 2. The Morgan fingerprint density at radius 1 is 1.15 bits per heavy atom. The molecule has 0 atom stereocenters. The number of nitrogens with zero attached hydrogens (tertiary/aromatic N) is 1. The zero-order valence-corrected chi connectivity index (χ0v) is 16.2. The minimum absolute atomic E-state index is 0.151. The van der Waals surface area contributed by atoms with E-state index in [1.165, 1.54) is 17.0 Å². The molecule has 1 heterocycles. The highest BCUT2D eigenvalue weighted by molar-refractivity contribution is 9.10. The lowest BCUT2D eigenvalue weighted by molar-refractivity contribution is -0.116. The number of fused-ring (bicyclic) bond motifs is 1. The molecule has 8 heteroatoms. The maximum atomic E-state index is 13.7. The molecule has 0 aromatic heterocycles. The van der Waals surface area contributed by atoms with Gasteiger partial charge in [-0.15, -0.1) is 0 Å². The van der Waals surface area contributed by atoms with Gasteiger partial charge in [-0.1, -0.05) is 0 Å². The van der Waals surface area contributed by atoms with Crippen LogP contribution < -0.4 is 14.8 Å². The number of nitrogens with one attached hydrogen (secondary N) is 1. The molecule has 0 fully saturated rings. The zero-order valence-electron chi connectivity index (χ0n) is 14.6. The van der Waals surface area contributed by atoms with Gasteiger partial charge in [0.15, 0.2) is 11.5 Å². The van der Waals surface area contributed by atoms with Gasteiger partial charge in [0.05, 0.1) is 4.47 Å². The summed E-state index contributed by atoms with van der Waals surface area (Å²) >= 11 is 3.05. The van der Waals surface area contributed by atoms with Crippen molar-refractivity contribution in [2.75, 3.05) is 31.6 Å². The van der Waals surface area contributed by atoms with E-state index in [-0.39, 0.29) is 22.5 Å². The molecule has 142 valence electrons. The van der Waals surface area contributed by atoms with Crippen LogP contribution in [0.4, 0.5) is 10.1 Å². The van der Waals surface area contributed by atoms with E-state index in [2.05, 4.69) is 21.2 Å². The predicted octanol–water partition coefficient (Wildman–Crippen LogP) is 3.46. The maximum Gasteiger partial charge on any atom is 0.254 e. The Bertz CT molecular complexity index is 875. The SMILES string of the molecule is CCN(CC(=O)Nc1ccc2c(c1)OCCO2)C(=O)c1ccc(Br)c(F)c1. The van der Waals surface area contributed by atoms with E-state index in [1.54, 1.807) is 25.1 Å².